The second-order valence-corrected chi connectivity index (χ2v) is 4.85. The first kappa shape index (κ1) is 11.9. The van der Waals surface area contributed by atoms with E-state index in [9.17, 15) is 4.39 Å². The molecule has 0 N–H and O–H groups in total. The van der Waals surface area contributed by atoms with Crippen molar-refractivity contribution in [1.29, 1.82) is 0 Å². The molecule has 0 aliphatic rings. The van der Waals surface area contributed by atoms with E-state index in [1.165, 1.54) is 11.8 Å². The first-order valence-electron chi connectivity index (χ1n) is 5.44. The molecule has 0 atom stereocenters. The summed E-state index contributed by atoms with van der Waals surface area (Å²) in [5.74, 6) is 0. The fourth-order valence-corrected chi connectivity index (χ4v) is 2.41. The number of benzene rings is 2. The zero-order chi connectivity index (χ0) is 11.9. The van der Waals surface area contributed by atoms with E-state index >= 15 is 0 Å². The Hall–Kier alpha value is -1.54. The predicted molar refractivity (Wildman–Crippen MR) is 71.6 cm³/mol. The Morgan fingerprint density at radius 1 is 0.941 bits per heavy atom. The Morgan fingerprint density at radius 2 is 1.53 bits per heavy atom. The fourth-order valence-electron chi connectivity index (χ4n) is 1.53. The monoisotopic (exact) mass is 244 g/mol. The lowest BCUT2D eigenvalue weighted by Gasteiger charge is -2.05. The van der Waals surface area contributed by atoms with Crippen molar-refractivity contribution in [3.63, 3.8) is 0 Å². The lowest BCUT2D eigenvalue weighted by atomic mass is 10.1. The van der Waals surface area contributed by atoms with Crippen LogP contribution < -0.4 is 0 Å². The molecule has 0 spiro atoms. The Labute approximate surface area is 105 Å². The highest BCUT2D eigenvalue weighted by molar-refractivity contribution is 8.03. The molecule has 0 bridgehead atoms. The molecule has 0 nitrogen and oxygen atoms in total. The van der Waals surface area contributed by atoms with E-state index in [4.69, 9.17) is 0 Å². The van der Waals surface area contributed by atoms with E-state index in [0.717, 1.165) is 15.4 Å². The van der Waals surface area contributed by atoms with Gasteiger partial charge in [-0.1, -0.05) is 60.3 Å². The van der Waals surface area contributed by atoms with Gasteiger partial charge in [-0.3, -0.25) is 0 Å². The van der Waals surface area contributed by atoms with Gasteiger partial charge >= 0.3 is 0 Å². The van der Waals surface area contributed by atoms with Crippen molar-refractivity contribution in [2.24, 2.45) is 0 Å². The quantitative estimate of drug-likeness (QED) is 0.694. The molecule has 2 aromatic carbocycles. The van der Waals surface area contributed by atoms with Crippen LogP contribution in [0.3, 0.4) is 0 Å². The van der Waals surface area contributed by atoms with Gasteiger partial charge in [-0.05, 0) is 17.7 Å². The molecule has 0 amide bonds. The van der Waals surface area contributed by atoms with Crippen molar-refractivity contribution in [2.75, 3.05) is 0 Å². The summed E-state index contributed by atoms with van der Waals surface area (Å²) < 4.78 is 12.8. The largest absolute Gasteiger partial charge is 0.215 e. The molecule has 17 heavy (non-hydrogen) atoms. The summed E-state index contributed by atoms with van der Waals surface area (Å²) in [6, 6.07) is 19.8. The Kier molecular flexibility index (Phi) is 4.39. The average molecular weight is 244 g/mol. The van der Waals surface area contributed by atoms with Crippen LogP contribution in [0.5, 0.6) is 0 Å². The smallest absolute Gasteiger partial charge is 0.0968 e. The zero-order valence-electron chi connectivity index (χ0n) is 9.34. The zero-order valence-corrected chi connectivity index (χ0v) is 10.2. The van der Waals surface area contributed by atoms with Gasteiger partial charge in [-0.25, -0.2) is 4.39 Å². The number of halogens is 1. The van der Waals surface area contributed by atoms with Crippen molar-refractivity contribution in [3.8, 4) is 0 Å². The fraction of sp³-hybridized carbons (Fsp3) is 0.0667. The number of rotatable bonds is 4. The first-order valence-corrected chi connectivity index (χ1v) is 6.26. The molecule has 0 unspecified atom stereocenters. The van der Waals surface area contributed by atoms with Crippen LogP contribution in [0.1, 0.15) is 5.56 Å². The third kappa shape index (κ3) is 3.75. The molecule has 0 aromatic heterocycles. The number of hydrogen-bond acceptors (Lipinski definition) is 1. The van der Waals surface area contributed by atoms with Gasteiger partial charge in [0.05, 0.1) is 6.33 Å². The maximum Gasteiger partial charge on any atom is 0.0968 e. The molecule has 0 aliphatic carbocycles. The van der Waals surface area contributed by atoms with Gasteiger partial charge in [0.15, 0.2) is 0 Å². The molecular weight excluding hydrogens is 231 g/mol. The summed E-state index contributed by atoms with van der Waals surface area (Å²) in [7, 11) is 0. The van der Waals surface area contributed by atoms with Crippen molar-refractivity contribution in [3.05, 3.63) is 77.5 Å². The van der Waals surface area contributed by atoms with Crippen LogP contribution in [-0.2, 0) is 6.42 Å². The molecule has 0 saturated carbocycles. The number of allylic oxidation sites excluding steroid dienone is 1. The molecule has 2 rings (SSSR count). The van der Waals surface area contributed by atoms with Gasteiger partial charge in [0, 0.05) is 16.2 Å². The second-order valence-electron chi connectivity index (χ2n) is 3.65. The maximum absolute atomic E-state index is 12.8. The molecule has 0 saturated heterocycles. The van der Waals surface area contributed by atoms with Crippen LogP contribution >= 0.6 is 11.8 Å². The van der Waals surface area contributed by atoms with E-state index in [-0.39, 0.29) is 0 Å². The van der Waals surface area contributed by atoms with E-state index < -0.39 is 0 Å². The Morgan fingerprint density at radius 3 is 2.12 bits per heavy atom. The highest BCUT2D eigenvalue weighted by Gasteiger charge is 2.02. The van der Waals surface area contributed by atoms with Crippen LogP contribution in [0.4, 0.5) is 4.39 Å². The molecule has 2 heteroatoms. The molecule has 2 aromatic rings. The summed E-state index contributed by atoms with van der Waals surface area (Å²) in [4.78, 5) is 1.79. The van der Waals surface area contributed by atoms with Gasteiger partial charge in [0.2, 0.25) is 0 Å². The standard InChI is InChI=1S/C15H13FS/c16-12-15(11-13-7-3-1-4-8-13)17-14-9-5-2-6-10-14/h1-10,12H,11H2/b15-12+. The van der Waals surface area contributed by atoms with Gasteiger partial charge < -0.3 is 0 Å². The Bertz CT molecular complexity index is 433. The van der Waals surface area contributed by atoms with E-state index in [0.29, 0.717) is 12.8 Å². The number of thioether (sulfide) groups is 1. The lowest BCUT2D eigenvalue weighted by molar-refractivity contribution is 0.714. The van der Waals surface area contributed by atoms with E-state index in [2.05, 4.69) is 0 Å². The van der Waals surface area contributed by atoms with Crippen molar-refractivity contribution >= 4 is 11.8 Å². The lowest BCUT2D eigenvalue weighted by Crippen LogP contribution is -1.86. The highest BCUT2D eigenvalue weighted by atomic mass is 32.2. The topological polar surface area (TPSA) is 0 Å². The predicted octanol–water partition coefficient (Wildman–Crippen LogP) is 4.83. The molecule has 0 aliphatic heterocycles. The number of hydrogen-bond donors (Lipinski definition) is 0. The van der Waals surface area contributed by atoms with E-state index in [1.807, 2.05) is 60.7 Å². The first-order chi connectivity index (χ1) is 8.38. The minimum atomic E-state index is 0.636. The minimum Gasteiger partial charge on any atom is -0.215 e. The maximum atomic E-state index is 12.8. The van der Waals surface area contributed by atoms with Crippen LogP contribution in [0.15, 0.2) is 76.8 Å². The van der Waals surface area contributed by atoms with Gasteiger partial charge in [0.25, 0.3) is 0 Å². The molecule has 0 fully saturated rings. The SMILES string of the molecule is F/C=C(\Cc1ccccc1)Sc1ccccc1. The summed E-state index contributed by atoms with van der Waals surface area (Å²) in [5, 5.41) is 0. The molecular formula is C15H13FS. The van der Waals surface area contributed by atoms with E-state index in [1.54, 1.807) is 0 Å². The summed E-state index contributed by atoms with van der Waals surface area (Å²) in [6.07, 6.45) is 1.33. The van der Waals surface area contributed by atoms with Crippen LogP contribution in [0.2, 0.25) is 0 Å². The third-order valence-corrected chi connectivity index (χ3v) is 3.34. The van der Waals surface area contributed by atoms with Crippen LogP contribution in [0, 0.1) is 0 Å². The highest BCUT2D eigenvalue weighted by Crippen LogP contribution is 2.28. The second kappa shape index (κ2) is 6.26. The summed E-state index contributed by atoms with van der Waals surface area (Å²) >= 11 is 1.47. The van der Waals surface area contributed by atoms with Gasteiger partial charge in [0.1, 0.15) is 0 Å². The molecule has 0 radical (unpaired) electrons. The third-order valence-electron chi connectivity index (χ3n) is 2.34. The van der Waals surface area contributed by atoms with Crippen LogP contribution in [0.25, 0.3) is 0 Å². The van der Waals surface area contributed by atoms with Gasteiger partial charge in [-0.2, -0.15) is 0 Å². The molecule has 0 heterocycles. The average Bonchev–Trinajstić information content (AvgIpc) is 2.40. The molecule has 86 valence electrons. The summed E-state index contributed by atoms with van der Waals surface area (Å²) in [5.41, 5.74) is 1.12. The Balaban J connectivity index is 2.04. The summed E-state index contributed by atoms with van der Waals surface area (Å²) in [6.45, 7) is 0. The van der Waals surface area contributed by atoms with Crippen molar-refractivity contribution in [2.45, 2.75) is 11.3 Å². The van der Waals surface area contributed by atoms with Crippen molar-refractivity contribution < 1.29 is 4.39 Å². The van der Waals surface area contributed by atoms with Crippen molar-refractivity contribution in [1.82, 2.24) is 0 Å². The minimum absolute atomic E-state index is 0.636. The van der Waals surface area contributed by atoms with Gasteiger partial charge in [-0.15, -0.1) is 0 Å². The van der Waals surface area contributed by atoms with Crippen LogP contribution in [-0.4, -0.2) is 0 Å². The normalized spacial score (nSPS) is 11.5.